The third-order valence-electron chi connectivity index (χ3n) is 5.09. The number of hydrogen-bond donors (Lipinski definition) is 2. The van der Waals surface area contributed by atoms with Crippen molar-refractivity contribution in [3.05, 3.63) is 47.8 Å². The summed E-state index contributed by atoms with van der Waals surface area (Å²) in [4.78, 5) is 14.8. The lowest BCUT2D eigenvalue weighted by Gasteiger charge is -2.35. The molecule has 0 spiro atoms. The van der Waals surface area contributed by atoms with Gasteiger partial charge in [0.1, 0.15) is 0 Å². The fourth-order valence-electron chi connectivity index (χ4n) is 3.67. The number of carbonyl (C=O) groups is 1. The first-order valence-electron chi connectivity index (χ1n) is 9.35. The SMILES string of the molecule is Cc1nn(C)cc1NC(=O)N(C[C@@H](O)c1ccccc1)C1CCCCC1. The molecule has 0 bridgehead atoms. The molecule has 1 aliphatic carbocycles. The van der Waals surface area contributed by atoms with Crippen molar-refractivity contribution in [2.45, 2.75) is 51.2 Å². The average Bonchev–Trinajstić information content (AvgIpc) is 2.97. The van der Waals surface area contributed by atoms with Crippen molar-refractivity contribution in [1.29, 1.82) is 0 Å². The number of carbonyl (C=O) groups excluding carboxylic acids is 1. The van der Waals surface area contributed by atoms with Gasteiger partial charge in [-0.15, -0.1) is 0 Å². The molecule has 2 N–H and O–H groups in total. The Morgan fingerprint density at radius 2 is 2.00 bits per heavy atom. The van der Waals surface area contributed by atoms with Crippen molar-refractivity contribution < 1.29 is 9.90 Å². The first-order chi connectivity index (χ1) is 12.5. The van der Waals surface area contributed by atoms with Crippen LogP contribution in [0.4, 0.5) is 10.5 Å². The Kier molecular flexibility index (Phi) is 5.93. The number of aliphatic hydroxyl groups is 1. The summed E-state index contributed by atoms with van der Waals surface area (Å²) in [5.74, 6) is 0. The van der Waals surface area contributed by atoms with Crippen molar-refractivity contribution in [3.8, 4) is 0 Å². The molecule has 0 aliphatic heterocycles. The molecule has 26 heavy (non-hydrogen) atoms. The summed E-state index contributed by atoms with van der Waals surface area (Å²) in [5, 5.41) is 17.9. The highest BCUT2D eigenvalue weighted by Crippen LogP contribution is 2.26. The van der Waals surface area contributed by atoms with E-state index in [-0.39, 0.29) is 12.1 Å². The first-order valence-corrected chi connectivity index (χ1v) is 9.35. The highest BCUT2D eigenvalue weighted by molar-refractivity contribution is 5.90. The maximum absolute atomic E-state index is 13.0. The van der Waals surface area contributed by atoms with E-state index < -0.39 is 6.10 Å². The van der Waals surface area contributed by atoms with Gasteiger partial charge in [-0.05, 0) is 25.3 Å². The van der Waals surface area contributed by atoms with Gasteiger partial charge in [-0.25, -0.2) is 4.79 Å². The van der Waals surface area contributed by atoms with E-state index >= 15 is 0 Å². The Labute approximate surface area is 154 Å². The number of nitrogens with one attached hydrogen (secondary N) is 1. The summed E-state index contributed by atoms with van der Waals surface area (Å²) in [6.45, 7) is 2.17. The van der Waals surface area contributed by atoms with E-state index in [4.69, 9.17) is 0 Å². The van der Waals surface area contributed by atoms with E-state index in [1.54, 1.807) is 10.9 Å². The highest BCUT2D eigenvalue weighted by atomic mass is 16.3. The van der Waals surface area contributed by atoms with Crippen LogP contribution in [-0.2, 0) is 7.05 Å². The topological polar surface area (TPSA) is 70.4 Å². The summed E-state index contributed by atoms with van der Waals surface area (Å²) in [7, 11) is 1.83. The van der Waals surface area contributed by atoms with Crippen LogP contribution in [0.15, 0.2) is 36.5 Å². The molecule has 1 aromatic carbocycles. The molecule has 0 unspecified atom stereocenters. The Morgan fingerprint density at radius 1 is 1.31 bits per heavy atom. The second-order valence-electron chi connectivity index (χ2n) is 7.10. The number of aliphatic hydroxyl groups excluding tert-OH is 1. The maximum Gasteiger partial charge on any atom is 0.322 e. The summed E-state index contributed by atoms with van der Waals surface area (Å²) in [6, 6.07) is 9.53. The van der Waals surface area contributed by atoms with Gasteiger partial charge in [-0.3, -0.25) is 4.68 Å². The van der Waals surface area contributed by atoms with Crippen molar-refractivity contribution in [2.24, 2.45) is 7.05 Å². The number of hydrogen-bond acceptors (Lipinski definition) is 3. The molecule has 1 aromatic heterocycles. The molecule has 0 radical (unpaired) electrons. The van der Waals surface area contributed by atoms with Gasteiger partial charge in [0.25, 0.3) is 0 Å². The zero-order valence-corrected chi connectivity index (χ0v) is 15.6. The zero-order valence-electron chi connectivity index (χ0n) is 15.6. The second-order valence-corrected chi connectivity index (χ2v) is 7.10. The van der Waals surface area contributed by atoms with E-state index in [2.05, 4.69) is 10.4 Å². The normalized spacial score (nSPS) is 16.3. The van der Waals surface area contributed by atoms with Crippen molar-refractivity contribution >= 4 is 11.7 Å². The minimum absolute atomic E-state index is 0.164. The molecule has 1 aliphatic rings. The van der Waals surface area contributed by atoms with Crippen LogP contribution in [0, 0.1) is 6.92 Å². The molecule has 6 heteroatoms. The monoisotopic (exact) mass is 356 g/mol. The van der Waals surface area contributed by atoms with Gasteiger partial charge in [0, 0.05) is 19.3 Å². The van der Waals surface area contributed by atoms with E-state index in [0.717, 1.165) is 36.9 Å². The van der Waals surface area contributed by atoms with E-state index in [9.17, 15) is 9.90 Å². The van der Waals surface area contributed by atoms with Gasteiger partial charge in [0.15, 0.2) is 0 Å². The van der Waals surface area contributed by atoms with E-state index in [1.807, 2.05) is 49.2 Å². The fraction of sp³-hybridized carbons (Fsp3) is 0.500. The molecule has 1 saturated carbocycles. The fourth-order valence-corrected chi connectivity index (χ4v) is 3.67. The molecule has 3 rings (SSSR count). The van der Waals surface area contributed by atoms with E-state index in [1.165, 1.54) is 6.42 Å². The number of aryl methyl sites for hydroxylation is 2. The Bertz CT molecular complexity index is 723. The predicted octanol–water partition coefficient (Wildman–Crippen LogP) is 3.63. The molecule has 6 nitrogen and oxygen atoms in total. The van der Waals surface area contributed by atoms with Crippen LogP contribution in [0.2, 0.25) is 0 Å². The highest BCUT2D eigenvalue weighted by Gasteiger charge is 2.28. The summed E-state index contributed by atoms with van der Waals surface area (Å²) < 4.78 is 1.69. The van der Waals surface area contributed by atoms with E-state index in [0.29, 0.717) is 12.2 Å². The zero-order chi connectivity index (χ0) is 18.5. The summed E-state index contributed by atoms with van der Waals surface area (Å²) in [5.41, 5.74) is 2.33. The summed E-state index contributed by atoms with van der Waals surface area (Å²) >= 11 is 0. The number of anilines is 1. The number of rotatable bonds is 5. The predicted molar refractivity (Wildman–Crippen MR) is 102 cm³/mol. The van der Waals surface area contributed by atoms with Gasteiger partial charge >= 0.3 is 6.03 Å². The number of aromatic nitrogens is 2. The molecule has 1 fully saturated rings. The number of urea groups is 1. The molecule has 2 aromatic rings. The second kappa shape index (κ2) is 8.36. The molecule has 0 saturated heterocycles. The largest absolute Gasteiger partial charge is 0.387 e. The minimum Gasteiger partial charge on any atom is -0.387 e. The Morgan fingerprint density at radius 3 is 2.62 bits per heavy atom. The molecular formula is C20H28N4O2. The maximum atomic E-state index is 13.0. The molecular weight excluding hydrogens is 328 g/mol. The number of amides is 2. The number of nitrogens with zero attached hydrogens (tertiary/aromatic N) is 3. The minimum atomic E-state index is -0.695. The lowest BCUT2D eigenvalue weighted by atomic mass is 9.94. The molecule has 1 atom stereocenters. The number of benzene rings is 1. The Balaban J connectivity index is 1.76. The van der Waals surface area contributed by atoms with Gasteiger partial charge in [0.2, 0.25) is 0 Å². The van der Waals surface area contributed by atoms with Crippen LogP contribution in [0.25, 0.3) is 0 Å². The summed E-state index contributed by atoms with van der Waals surface area (Å²) in [6.07, 6.45) is 6.55. The third-order valence-corrected chi connectivity index (χ3v) is 5.09. The van der Waals surface area contributed by atoms with Crippen LogP contribution >= 0.6 is 0 Å². The lowest BCUT2D eigenvalue weighted by molar-refractivity contribution is 0.0957. The lowest BCUT2D eigenvalue weighted by Crippen LogP contribution is -2.46. The molecule has 140 valence electrons. The first kappa shape index (κ1) is 18.5. The van der Waals surface area contributed by atoms with Gasteiger partial charge in [-0.1, -0.05) is 49.6 Å². The third kappa shape index (κ3) is 4.43. The van der Waals surface area contributed by atoms with Crippen LogP contribution in [0.1, 0.15) is 49.5 Å². The van der Waals surface area contributed by atoms with Crippen LogP contribution in [0.3, 0.4) is 0 Å². The van der Waals surface area contributed by atoms with Crippen molar-refractivity contribution in [3.63, 3.8) is 0 Å². The molecule has 1 heterocycles. The van der Waals surface area contributed by atoms with Crippen molar-refractivity contribution in [2.75, 3.05) is 11.9 Å². The van der Waals surface area contributed by atoms with Gasteiger partial charge in [-0.2, -0.15) is 5.10 Å². The molecule has 2 amide bonds. The van der Waals surface area contributed by atoms with Gasteiger partial charge in [0.05, 0.1) is 24.0 Å². The van der Waals surface area contributed by atoms with Crippen LogP contribution in [-0.4, -0.2) is 38.4 Å². The van der Waals surface area contributed by atoms with Crippen LogP contribution in [0.5, 0.6) is 0 Å². The van der Waals surface area contributed by atoms with Crippen molar-refractivity contribution in [1.82, 2.24) is 14.7 Å². The Hall–Kier alpha value is -2.34. The quantitative estimate of drug-likeness (QED) is 0.859. The average molecular weight is 356 g/mol. The van der Waals surface area contributed by atoms with Gasteiger partial charge < -0.3 is 15.3 Å². The van der Waals surface area contributed by atoms with Crippen LogP contribution < -0.4 is 5.32 Å². The smallest absolute Gasteiger partial charge is 0.322 e. The standard InChI is InChI=1S/C20H28N4O2/c1-15-18(13-23(2)22-15)21-20(26)24(17-11-7-4-8-12-17)14-19(25)16-9-5-3-6-10-16/h3,5-6,9-10,13,17,19,25H,4,7-8,11-12,14H2,1-2H3,(H,21,26)/t19-/m1/s1.